The van der Waals surface area contributed by atoms with Crippen LogP contribution in [0, 0.1) is 5.82 Å². The summed E-state index contributed by atoms with van der Waals surface area (Å²) in [6.07, 6.45) is 3.59. The fraction of sp³-hybridized carbons (Fsp3) is 0.412. The Balaban J connectivity index is 1.89. The summed E-state index contributed by atoms with van der Waals surface area (Å²) in [5, 5.41) is 3.37. The van der Waals surface area contributed by atoms with Crippen molar-refractivity contribution >= 4 is 28.4 Å². The van der Waals surface area contributed by atoms with Crippen LogP contribution in [0.4, 0.5) is 4.39 Å². The predicted octanol–water partition coefficient (Wildman–Crippen LogP) is 2.17. The van der Waals surface area contributed by atoms with Crippen molar-refractivity contribution in [2.45, 2.75) is 18.9 Å². The minimum Gasteiger partial charge on any atom is -0.343 e. The van der Waals surface area contributed by atoms with Crippen LogP contribution >= 0.6 is 11.6 Å². The van der Waals surface area contributed by atoms with Crippen molar-refractivity contribution in [1.29, 1.82) is 0 Å². The average molecular weight is 350 g/mol. The fourth-order valence-electron chi connectivity index (χ4n) is 3.19. The third kappa shape index (κ3) is 2.59. The van der Waals surface area contributed by atoms with Crippen LogP contribution in [-0.4, -0.2) is 41.6 Å². The second-order valence-electron chi connectivity index (χ2n) is 6.34. The maximum Gasteiger partial charge on any atom is 0.259 e. The topological polar surface area (TPSA) is 54.3 Å². The summed E-state index contributed by atoms with van der Waals surface area (Å²) in [5.74, 6) is -0.927. The van der Waals surface area contributed by atoms with E-state index in [9.17, 15) is 14.0 Å². The van der Waals surface area contributed by atoms with Crippen LogP contribution in [0.15, 0.2) is 23.1 Å². The average Bonchev–Trinajstić information content (AvgIpc) is 3.42. The van der Waals surface area contributed by atoms with Gasteiger partial charge in [-0.05, 0) is 25.0 Å². The number of halogens is 2. The van der Waals surface area contributed by atoms with Crippen LogP contribution < -0.4 is 10.7 Å². The molecular weight excluding hydrogens is 333 g/mol. The molecule has 1 aliphatic carbocycles. The summed E-state index contributed by atoms with van der Waals surface area (Å²) in [6.45, 7) is 2.55. The van der Waals surface area contributed by atoms with Crippen molar-refractivity contribution in [2.24, 2.45) is 0 Å². The number of amides is 1. The van der Waals surface area contributed by atoms with Crippen LogP contribution in [0.1, 0.15) is 29.2 Å². The highest BCUT2D eigenvalue weighted by molar-refractivity contribution is 6.31. The number of hydrogen-bond donors (Lipinski definition) is 1. The van der Waals surface area contributed by atoms with Crippen LogP contribution in [0.5, 0.6) is 0 Å². The van der Waals surface area contributed by atoms with Crippen LogP contribution in [0.2, 0.25) is 5.02 Å². The molecule has 5 nitrogen and oxygen atoms in total. The van der Waals surface area contributed by atoms with Gasteiger partial charge in [-0.25, -0.2) is 4.39 Å². The summed E-state index contributed by atoms with van der Waals surface area (Å²) >= 11 is 5.89. The largest absolute Gasteiger partial charge is 0.343 e. The van der Waals surface area contributed by atoms with Crippen molar-refractivity contribution in [3.05, 3.63) is 45.0 Å². The van der Waals surface area contributed by atoms with E-state index < -0.39 is 11.2 Å². The van der Waals surface area contributed by atoms with E-state index in [1.54, 1.807) is 11.1 Å². The zero-order valence-corrected chi connectivity index (χ0v) is 13.8. The minimum atomic E-state index is -0.643. The molecule has 0 unspecified atom stereocenters. The third-order valence-corrected chi connectivity index (χ3v) is 4.94. The van der Waals surface area contributed by atoms with E-state index in [2.05, 4.69) is 5.32 Å². The molecule has 0 spiro atoms. The fourth-order valence-corrected chi connectivity index (χ4v) is 3.35. The molecule has 0 atom stereocenters. The molecule has 1 N–H and O–H groups in total. The van der Waals surface area contributed by atoms with Gasteiger partial charge >= 0.3 is 0 Å². The number of piperazine rings is 1. The molecular formula is C17H17ClFN3O2. The molecule has 7 heteroatoms. The first-order valence-corrected chi connectivity index (χ1v) is 8.48. The van der Waals surface area contributed by atoms with Crippen molar-refractivity contribution < 1.29 is 9.18 Å². The molecule has 2 aromatic rings. The van der Waals surface area contributed by atoms with Gasteiger partial charge in [-0.2, -0.15) is 0 Å². The standard InChI is InChI=1S/C17H17ClFN3O2/c18-13-8-15-11(7-14(13)19)16(23)12(9-22(15)10-1-2-10)17(24)21-5-3-20-4-6-21/h7-10,20H,1-6H2. The second kappa shape index (κ2) is 5.86. The summed E-state index contributed by atoms with van der Waals surface area (Å²) in [4.78, 5) is 27.2. The van der Waals surface area contributed by atoms with Gasteiger partial charge in [-0.15, -0.1) is 0 Å². The number of rotatable bonds is 2. The van der Waals surface area contributed by atoms with Gasteiger partial charge in [0, 0.05) is 43.8 Å². The number of benzene rings is 1. The number of hydrogen-bond acceptors (Lipinski definition) is 3. The number of nitrogens with zero attached hydrogens (tertiary/aromatic N) is 2. The van der Waals surface area contributed by atoms with Gasteiger partial charge in [0.15, 0.2) is 0 Å². The summed E-state index contributed by atoms with van der Waals surface area (Å²) < 4.78 is 15.8. The lowest BCUT2D eigenvalue weighted by Crippen LogP contribution is -2.47. The maximum absolute atomic E-state index is 13.9. The van der Waals surface area contributed by atoms with Gasteiger partial charge in [0.2, 0.25) is 5.43 Å². The zero-order chi connectivity index (χ0) is 16.8. The molecule has 1 saturated carbocycles. The number of carbonyl (C=O) groups excluding carboxylic acids is 1. The SMILES string of the molecule is O=C(c1cn(C2CC2)c2cc(Cl)c(F)cc2c1=O)N1CCNCC1. The Bertz CT molecular complexity index is 886. The Labute approximate surface area is 143 Å². The first-order valence-electron chi connectivity index (χ1n) is 8.10. The third-order valence-electron chi connectivity index (χ3n) is 4.65. The van der Waals surface area contributed by atoms with Gasteiger partial charge in [0.05, 0.1) is 10.5 Å². The smallest absolute Gasteiger partial charge is 0.259 e. The van der Waals surface area contributed by atoms with Crippen molar-refractivity contribution in [3.63, 3.8) is 0 Å². The van der Waals surface area contributed by atoms with Crippen molar-refractivity contribution in [3.8, 4) is 0 Å². The molecule has 1 amide bonds. The molecule has 126 valence electrons. The van der Waals surface area contributed by atoms with E-state index in [0.29, 0.717) is 31.7 Å². The van der Waals surface area contributed by atoms with E-state index in [-0.39, 0.29) is 27.9 Å². The second-order valence-corrected chi connectivity index (χ2v) is 6.74. The highest BCUT2D eigenvalue weighted by Crippen LogP contribution is 2.37. The molecule has 1 saturated heterocycles. The Morgan fingerprint density at radius 1 is 1.25 bits per heavy atom. The van der Waals surface area contributed by atoms with Gasteiger partial charge < -0.3 is 14.8 Å². The number of nitrogens with one attached hydrogen (secondary N) is 1. The molecule has 0 radical (unpaired) electrons. The number of aromatic nitrogens is 1. The van der Waals surface area contributed by atoms with Crippen LogP contribution in [0.25, 0.3) is 10.9 Å². The Hall–Kier alpha value is -1.92. The quantitative estimate of drug-likeness (QED) is 0.904. The predicted molar refractivity (Wildman–Crippen MR) is 90.2 cm³/mol. The Morgan fingerprint density at radius 3 is 2.62 bits per heavy atom. The maximum atomic E-state index is 13.9. The molecule has 2 aliphatic rings. The first kappa shape index (κ1) is 15.6. The Morgan fingerprint density at radius 2 is 1.96 bits per heavy atom. The number of fused-ring (bicyclic) bond motifs is 1. The highest BCUT2D eigenvalue weighted by Gasteiger charge is 2.29. The van der Waals surface area contributed by atoms with Crippen molar-refractivity contribution in [1.82, 2.24) is 14.8 Å². The van der Waals surface area contributed by atoms with E-state index in [1.165, 1.54) is 6.07 Å². The highest BCUT2D eigenvalue weighted by atomic mass is 35.5. The number of pyridine rings is 1. The molecule has 4 rings (SSSR count). The molecule has 1 aromatic carbocycles. The van der Waals surface area contributed by atoms with Gasteiger partial charge in [-0.3, -0.25) is 9.59 Å². The molecule has 2 fully saturated rings. The minimum absolute atomic E-state index is 0.0162. The number of carbonyl (C=O) groups is 1. The van der Waals surface area contributed by atoms with E-state index >= 15 is 0 Å². The summed E-state index contributed by atoms with van der Waals surface area (Å²) in [5.41, 5.74) is 0.268. The Kier molecular flexibility index (Phi) is 3.81. The van der Waals surface area contributed by atoms with Crippen LogP contribution in [0.3, 0.4) is 0 Å². The van der Waals surface area contributed by atoms with E-state index in [4.69, 9.17) is 11.6 Å². The lowest BCUT2D eigenvalue weighted by atomic mass is 10.1. The monoisotopic (exact) mass is 349 g/mol. The molecule has 2 heterocycles. The van der Waals surface area contributed by atoms with Crippen LogP contribution in [-0.2, 0) is 0 Å². The van der Waals surface area contributed by atoms with Crippen molar-refractivity contribution in [2.75, 3.05) is 26.2 Å². The lowest BCUT2D eigenvalue weighted by Gasteiger charge is -2.27. The molecule has 0 bridgehead atoms. The zero-order valence-electron chi connectivity index (χ0n) is 13.0. The van der Waals surface area contributed by atoms with Gasteiger partial charge in [-0.1, -0.05) is 11.6 Å². The normalized spacial score (nSPS) is 18.2. The van der Waals surface area contributed by atoms with E-state index in [1.807, 2.05) is 4.57 Å². The summed E-state index contributed by atoms with van der Waals surface area (Å²) in [7, 11) is 0. The van der Waals surface area contributed by atoms with E-state index in [0.717, 1.165) is 18.9 Å². The summed E-state index contributed by atoms with van der Waals surface area (Å²) in [6, 6.07) is 2.86. The van der Waals surface area contributed by atoms with Gasteiger partial charge in [0.25, 0.3) is 5.91 Å². The molecule has 1 aromatic heterocycles. The molecule has 24 heavy (non-hydrogen) atoms. The molecule has 1 aliphatic heterocycles. The first-order chi connectivity index (χ1) is 11.6. The van der Waals surface area contributed by atoms with Gasteiger partial charge in [0.1, 0.15) is 11.4 Å². The lowest BCUT2D eigenvalue weighted by molar-refractivity contribution is 0.0734.